The molecule has 0 unspecified atom stereocenters. The molecule has 1 aromatic heterocycles. The largest absolute Gasteiger partial charge is 0.382 e. The lowest BCUT2D eigenvalue weighted by molar-refractivity contribution is -0.154. The van der Waals surface area contributed by atoms with Gasteiger partial charge in [0, 0.05) is 26.1 Å². The van der Waals surface area contributed by atoms with Gasteiger partial charge >= 0.3 is 0 Å². The minimum absolute atomic E-state index is 0.0835. The SMILES string of the molecule is COC[C@H]1CN(Cc2noc(C(C)C)n2)CC(C)(C)O1. The highest BCUT2D eigenvalue weighted by atomic mass is 16.5. The van der Waals surface area contributed by atoms with Crippen LogP contribution in [0.25, 0.3) is 0 Å². The Morgan fingerprint density at radius 3 is 2.80 bits per heavy atom. The molecular weight excluding hydrogens is 258 g/mol. The van der Waals surface area contributed by atoms with Crippen molar-refractivity contribution in [3.63, 3.8) is 0 Å². The minimum atomic E-state index is -0.188. The Kier molecular flexibility index (Phi) is 4.78. The molecule has 2 heterocycles. The summed E-state index contributed by atoms with van der Waals surface area (Å²) in [7, 11) is 1.70. The van der Waals surface area contributed by atoms with Gasteiger partial charge in [-0.2, -0.15) is 4.98 Å². The molecule has 0 aromatic carbocycles. The van der Waals surface area contributed by atoms with Crippen LogP contribution in [0.4, 0.5) is 0 Å². The van der Waals surface area contributed by atoms with Crippen LogP contribution in [0.1, 0.15) is 45.3 Å². The summed E-state index contributed by atoms with van der Waals surface area (Å²) in [4.78, 5) is 6.72. The Bertz CT molecular complexity index is 431. The van der Waals surface area contributed by atoms with Crippen LogP contribution in [0.5, 0.6) is 0 Å². The van der Waals surface area contributed by atoms with Gasteiger partial charge in [0.2, 0.25) is 5.89 Å². The van der Waals surface area contributed by atoms with Gasteiger partial charge in [0.1, 0.15) is 0 Å². The molecule has 0 radical (unpaired) electrons. The third-order valence-electron chi connectivity index (χ3n) is 3.25. The highest BCUT2D eigenvalue weighted by molar-refractivity contribution is 4.93. The van der Waals surface area contributed by atoms with E-state index in [2.05, 4.69) is 28.9 Å². The zero-order valence-electron chi connectivity index (χ0n) is 13.0. The second-order valence-corrected chi connectivity index (χ2v) is 6.33. The molecule has 1 fully saturated rings. The number of hydrogen-bond donors (Lipinski definition) is 0. The molecular formula is C14H25N3O3. The van der Waals surface area contributed by atoms with Crippen molar-refractivity contribution in [2.24, 2.45) is 0 Å². The van der Waals surface area contributed by atoms with Crippen molar-refractivity contribution in [1.29, 1.82) is 0 Å². The number of aromatic nitrogens is 2. The molecule has 1 aromatic rings. The van der Waals surface area contributed by atoms with E-state index in [4.69, 9.17) is 14.0 Å². The topological polar surface area (TPSA) is 60.6 Å². The fourth-order valence-corrected chi connectivity index (χ4v) is 2.58. The summed E-state index contributed by atoms with van der Waals surface area (Å²) >= 11 is 0. The summed E-state index contributed by atoms with van der Waals surface area (Å²) < 4.78 is 16.5. The van der Waals surface area contributed by atoms with E-state index < -0.39 is 0 Å². The molecule has 0 spiro atoms. The minimum Gasteiger partial charge on any atom is -0.382 e. The van der Waals surface area contributed by atoms with Crippen molar-refractivity contribution in [3.8, 4) is 0 Å². The molecule has 114 valence electrons. The third-order valence-corrected chi connectivity index (χ3v) is 3.25. The lowest BCUT2D eigenvalue weighted by Crippen LogP contribution is -2.53. The molecule has 6 heteroatoms. The molecule has 2 rings (SSSR count). The Morgan fingerprint density at radius 2 is 2.20 bits per heavy atom. The molecule has 0 saturated carbocycles. The van der Waals surface area contributed by atoms with Crippen LogP contribution in [-0.4, -0.2) is 53.6 Å². The highest BCUT2D eigenvalue weighted by Crippen LogP contribution is 2.22. The fourth-order valence-electron chi connectivity index (χ4n) is 2.58. The van der Waals surface area contributed by atoms with E-state index in [1.54, 1.807) is 7.11 Å². The molecule has 1 atom stereocenters. The predicted molar refractivity (Wildman–Crippen MR) is 74.5 cm³/mol. The molecule has 1 aliphatic heterocycles. The smallest absolute Gasteiger partial charge is 0.229 e. The Morgan fingerprint density at radius 1 is 1.45 bits per heavy atom. The summed E-state index contributed by atoms with van der Waals surface area (Å²) in [5, 5.41) is 4.05. The molecule has 0 aliphatic carbocycles. The van der Waals surface area contributed by atoms with E-state index in [0.717, 1.165) is 18.9 Å². The van der Waals surface area contributed by atoms with E-state index in [9.17, 15) is 0 Å². The first-order chi connectivity index (χ1) is 9.39. The van der Waals surface area contributed by atoms with Gasteiger partial charge in [-0.15, -0.1) is 0 Å². The van der Waals surface area contributed by atoms with E-state index in [-0.39, 0.29) is 17.6 Å². The van der Waals surface area contributed by atoms with Crippen LogP contribution < -0.4 is 0 Å². The second-order valence-electron chi connectivity index (χ2n) is 6.33. The number of ether oxygens (including phenoxy) is 2. The van der Waals surface area contributed by atoms with Crippen LogP contribution in [0.3, 0.4) is 0 Å². The van der Waals surface area contributed by atoms with E-state index >= 15 is 0 Å². The molecule has 1 saturated heterocycles. The van der Waals surface area contributed by atoms with Gasteiger partial charge in [0.25, 0.3) is 0 Å². The Labute approximate surface area is 120 Å². The average Bonchev–Trinajstić information content (AvgIpc) is 2.75. The van der Waals surface area contributed by atoms with Crippen molar-refractivity contribution in [2.45, 2.75) is 51.9 Å². The van der Waals surface area contributed by atoms with Crippen LogP contribution in [0.15, 0.2) is 4.52 Å². The molecule has 0 amide bonds. The normalized spacial score (nSPS) is 23.4. The van der Waals surface area contributed by atoms with E-state index in [1.807, 2.05) is 13.8 Å². The van der Waals surface area contributed by atoms with Gasteiger partial charge in [0.15, 0.2) is 5.82 Å². The van der Waals surface area contributed by atoms with Gasteiger partial charge in [-0.25, -0.2) is 0 Å². The van der Waals surface area contributed by atoms with Crippen molar-refractivity contribution < 1.29 is 14.0 Å². The Hall–Kier alpha value is -0.980. The number of rotatable bonds is 5. The summed E-state index contributed by atoms with van der Waals surface area (Å²) in [6.07, 6.45) is 0.0835. The lowest BCUT2D eigenvalue weighted by Gasteiger charge is -2.42. The maximum atomic E-state index is 5.99. The van der Waals surface area contributed by atoms with E-state index in [0.29, 0.717) is 19.0 Å². The van der Waals surface area contributed by atoms with Gasteiger partial charge in [-0.3, -0.25) is 4.90 Å². The Balaban J connectivity index is 1.99. The van der Waals surface area contributed by atoms with Crippen LogP contribution in [0.2, 0.25) is 0 Å². The van der Waals surface area contributed by atoms with Crippen LogP contribution in [-0.2, 0) is 16.0 Å². The monoisotopic (exact) mass is 283 g/mol. The van der Waals surface area contributed by atoms with Crippen LogP contribution in [0, 0.1) is 0 Å². The number of hydrogen-bond acceptors (Lipinski definition) is 6. The summed E-state index contributed by atoms with van der Waals surface area (Å²) in [6.45, 7) is 11.2. The second kappa shape index (κ2) is 6.20. The van der Waals surface area contributed by atoms with Gasteiger partial charge in [0.05, 0.1) is 24.9 Å². The highest BCUT2D eigenvalue weighted by Gasteiger charge is 2.33. The zero-order chi connectivity index (χ0) is 14.8. The molecule has 0 bridgehead atoms. The standard InChI is InChI=1S/C14H25N3O3/c1-10(2)13-15-12(16-20-13)7-17-6-11(8-18-5)19-14(3,4)9-17/h10-11H,6-9H2,1-5H3/t11-/m1/s1. The predicted octanol–water partition coefficient (Wildman–Crippen LogP) is 1.82. The van der Waals surface area contributed by atoms with Crippen molar-refractivity contribution in [1.82, 2.24) is 15.0 Å². The van der Waals surface area contributed by atoms with Crippen molar-refractivity contribution in [2.75, 3.05) is 26.8 Å². The maximum absolute atomic E-state index is 5.99. The first kappa shape index (κ1) is 15.4. The fraction of sp³-hybridized carbons (Fsp3) is 0.857. The van der Waals surface area contributed by atoms with E-state index in [1.165, 1.54) is 0 Å². The van der Waals surface area contributed by atoms with Gasteiger partial charge < -0.3 is 14.0 Å². The van der Waals surface area contributed by atoms with Gasteiger partial charge in [-0.1, -0.05) is 19.0 Å². The third kappa shape index (κ3) is 4.01. The number of morpholine rings is 1. The maximum Gasteiger partial charge on any atom is 0.229 e. The molecule has 6 nitrogen and oxygen atoms in total. The number of methoxy groups -OCH3 is 1. The first-order valence-electron chi connectivity index (χ1n) is 7.11. The number of nitrogens with zero attached hydrogens (tertiary/aromatic N) is 3. The van der Waals surface area contributed by atoms with Crippen molar-refractivity contribution >= 4 is 0 Å². The first-order valence-corrected chi connectivity index (χ1v) is 7.11. The zero-order valence-corrected chi connectivity index (χ0v) is 13.0. The molecule has 0 N–H and O–H groups in total. The lowest BCUT2D eigenvalue weighted by atomic mass is 10.1. The summed E-state index contributed by atoms with van der Waals surface area (Å²) in [6, 6.07) is 0. The quantitative estimate of drug-likeness (QED) is 0.821. The summed E-state index contributed by atoms with van der Waals surface area (Å²) in [5.41, 5.74) is -0.188. The average molecular weight is 283 g/mol. The van der Waals surface area contributed by atoms with Gasteiger partial charge in [-0.05, 0) is 13.8 Å². The van der Waals surface area contributed by atoms with Crippen LogP contribution >= 0.6 is 0 Å². The molecule has 20 heavy (non-hydrogen) atoms. The van der Waals surface area contributed by atoms with Crippen molar-refractivity contribution in [3.05, 3.63) is 11.7 Å². The summed E-state index contributed by atoms with van der Waals surface area (Å²) in [5.74, 6) is 1.70. The molecule has 1 aliphatic rings.